The third kappa shape index (κ3) is 5.48. The molecule has 1 aliphatic carbocycles. The van der Waals surface area contributed by atoms with Crippen molar-refractivity contribution in [1.29, 1.82) is 0 Å². The van der Waals surface area contributed by atoms with Gasteiger partial charge in [-0.2, -0.15) is 13.2 Å². The van der Waals surface area contributed by atoms with Gasteiger partial charge in [-0.05, 0) is 36.0 Å². The van der Waals surface area contributed by atoms with E-state index >= 15 is 0 Å². The third-order valence-electron chi connectivity index (χ3n) is 8.64. The molecule has 6 rings (SSSR count). The van der Waals surface area contributed by atoms with E-state index in [4.69, 9.17) is 9.47 Å². The van der Waals surface area contributed by atoms with Gasteiger partial charge in [0, 0.05) is 58.7 Å². The maximum absolute atomic E-state index is 13.4. The second-order valence-electron chi connectivity index (χ2n) is 11.3. The highest BCUT2D eigenvalue weighted by Gasteiger charge is 2.43. The lowest BCUT2D eigenvalue weighted by Gasteiger charge is -2.38. The van der Waals surface area contributed by atoms with Crippen LogP contribution in [0.4, 0.5) is 13.2 Å². The Hall–Kier alpha value is -3.35. The molecule has 1 aromatic carbocycles. The summed E-state index contributed by atoms with van der Waals surface area (Å²) in [5.41, 5.74) is 0.734. The number of ether oxygens (including phenoxy) is 2. The Morgan fingerprint density at radius 3 is 2.27 bits per heavy atom. The van der Waals surface area contributed by atoms with Crippen LogP contribution in [0.25, 0.3) is 0 Å². The largest absolute Gasteiger partial charge is 0.454 e. The van der Waals surface area contributed by atoms with E-state index in [9.17, 15) is 22.8 Å². The van der Waals surface area contributed by atoms with Gasteiger partial charge in [-0.25, -0.2) is 0 Å². The van der Waals surface area contributed by atoms with E-state index in [1.165, 1.54) is 0 Å². The van der Waals surface area contributed by atoms with Gasteiger partial charge in [0.15, 0.2) is 17.3 Å². The van der Waals surface area contributed by atoms with Gasteiger partial charge in [-0.3, -0.25) is 14.5 Å². The van der Waals surface area contributed by atoms with Crippen molar-refractivity contribution >= 4 is 11.8 Å². The number of amides is 2. The second kappa shape index (κ2) is 10.6. The normalized spacial score (nSPS) is 20.6. The highest BCUT2D eigenvalue weighted by molar-refractivity contribution is 5.81. The zero-order chi connectivity index (χ0) is 27.9. The van der Waals surface area contributed by atoms with Crippen LogP contribution >= 0.6 is 0 Å². The smallest absolute Gasteiger partial charge is 0.451 e. The van der Waals surface area contributed by atoms with E-state index in [0.29, 0.717) is 19.5 Å². The molecule has 1 saturated heterocycles. The van der Waals surface area contributed by atoms with E-state index in [-0.39, 0.29) is 50.5 Å². The second-order valence-corrected chi connectivity index (χ2v) is 11.3. The van der Waals surface area contributed by atoms with Crippen LogP contribution in [0.1, 0.15) is 55.7 Å². The molecular weight excluding hydrogens is 529 g/mol. The number of aromatic nitrogens is 3. The zero-order valence-electron chi connectivity index (χ0n) is 22.3. The minimum Gasteiger partial charge on any atom is -0.454 e. The van der Waals surface area contributed by atoms with Crippen LogP contribution in [0.2, 0.25) is 0 Å². The molecule has 2 fully saturated rings. The number of halogens is 3. The fourth-order valence-electron chi connectivity index (χ4n) is 6.44. The third-order valence-corrected chi connectivity index (χ3v) is 8.64. The number of carbonyl (C=O) groups is 2. The molecule has 0 N–H and O–H groups in total. The van der Waals surface area contributed by atoms with E-state index in [0.717, 1.165) is 66.9 Å². The lowest BCUT2D eigenvalue weighted by molar-refractivity contribution is -0.148. The standard InChI is InChI=1S/C27H33F3N6O4/c28-27(29,30)25-32-31-22-17-35(11-12-36(22)25)24(38)15-26(5-1-2-6-26)14-23(37)34-9-7-33(8-10-34)16-19-3-4-20-21(13-19)40-18-39-20/h3-4,13H,1-2,5-12,14-18H2. The molecule has 10 nitrogen and oxygen atoms in total. The predicted octanol–water partition coefficient (Wildman–Crippen LogP) is 3.05. The van der Waals surface area contributed by atoms with Crippen LogP contribution in [0.3, 0.4) is 0 Å². The molecule has 0 unspecified atom stereocenters. The van der Waals surface area contributed by atoms with Gasteiger partial charge in [-0.1, -0.05) is 18.9 Å². The predicted molar refractivity (Wildman–Crippen MR) is 135 cm³/mol. The van der Waals surface area contributed by atoms with Crippen molar-refractivity contribution in [1.82, 2.24) is 29.5 Å². The minimum atomic E-state index is -4.58. The highest BCUT2D eigenvalue weighted by Crippen LogP contribution is 2.45. The first-order valence-corrected chi connectivity index (χ1v) is 13.8. The Balaban J connectivity index is 1.02. The SMILES string of the molecule is O=C(CC1(CC(=O)N2CCn3c(nnc3C(F)(F)F)C2)CCCC1)N1CCN(Cc2ccc3c(c2)OCO3)CC1. The highest BCUT2D eigenvalue weighted by atomic mass is 19.4. The molecule has 40 heavy (non-hydrogen) atoms. The minimum absolute atomic E-state index is 0.00271. The number of benzene rings is 1. The molecule has 3 aliphatic heterocycles. The lowest BCUT2D eigenvalue weighted by atomic mass is 9.78. The molecule has 0 radical (unpaired) electrons. The molecule has 0 bridgehead atoms. The van der Waals surface area contributed by atoms with Crippen LogP contribution in [-0.4, -0.2) is 80.8 Å². The number of alkyl halides is 3. The van der Waals surface area contributed by atoms with Gasteiger partial charge in [-0.15, -0.1) is 10.2 Å². The lowest BCUT2D eigenvalue weighted by Crippen LogP contribution is -2.49. The van der Waals surface area contributed by atoms with Gasteiger partial charge in [0.25, 0.3) is 0 Å². The van der Waals surface area contributed by atoms with E-state index in [2.05, 4.69) is 15.1 Å². The average molecular weight is 563 g/mol. The van der Waals surface area contributed by atoms with Crippen molar-refractivity contribution in [3.8, 4) is 11.5 Å². The molecule has 0 spiro atoms. The summed E-state index contributed by atoms with van der Waals surface area (Å²) >= 11 is 0. The monoisotopic (exact) mass is 562 g/mol. The van der Waals surface area contributed by atoms with Crippen molar-refractivity contribution < 1.29 is 32.2 Å². The van der Waals surface area contributed by atoms with Crippen molar-refractivity contribution in [2.75, 3.05) is 39.5 Å². The number of hydrogen-bond donors (Lipinski definition) is 0. The van der Waals surface area contributed by atoms with Gasteiger partial charge in [0.2, 0.25) is 24.4 Å². The Kier molecular flexibility index (Phi) is 7.09. The maximum atomic E-state index is 13.4. The van der Waals surface area contributed by atoms with Crippen molar-refractivity contribution in [3.05, 3.63) is 35.4 Å². The summed E-state index contributed by atoms with van der Waals surface area (Å²) in [6.07, 6.45) is -0.497. The number of piperazine rings is 1. The number of fused-ring (bicyclic) bond motifs is 2. The first-order chi connectivity index (χ1) is 19.2. The van der Waals surface area contributed by atoms with Crippen LogP contribution in [0, 0.1) is 5.41 Å². The summed E-state index contributed by atoms with van der Waals surface area (Å²) in [4.78, 5) is 32.5. The number of hydrogen-bond acceptors (Lipinski definition) is 7. The van der Waals surface area contributed by atoms with E-state index in [1.54, 1.807) is 4.90 Å². The molecular formula is C27H33F3N6O4. The summed E-state index contributed by atoms with van der Waals surface area (Å²) in [7, 11) is 0. The first kappa shape index (κ1) is 26.9. The van der Waals surface area contributed by atoms with Crippen LogP contribution in [0.15, 0.2) is 18.2 Å². The molecule has 216 valence electrons. The summed E-state index contributed by atoms with van der Waals surface area (Å²) in [5.74, 6) is 0.583. The van der Waals surface area contributed by atoms with Crippen molar-refractivity contribution in [2.45, 2.75) is 64.3 Å². The summed E-state index contributed by atoms with van der Waals surface area (Å²) < 4.78 is 51.4. The number of rotatable bonds is 6. The molecule has 2 amide bonds. The Labute approximate surface area is 230 Å². The maximum Gasteiger partial charge on any atom is 0.451 e. The Bertz CT molecular complexity index is 1270. The van der Waals surface area contributed by atoms with Gasteiger partial charge in [0.1, 0.15) is 0 Å². The van der Waals surface area contributed by atoms with E-state index in [1.807, 2.05) is 23.1 Å². The van der Waals surface area contributed by atoms with Crippen molar-refractivity contribution in [2.24, 2.45) is 5.41 Å². The topological polar surface area (TPSA) is 93.0 Å². The van der Waals surface area contributed by atoms with Crippen LogP contribution in [-0.2, 0) is 35.4 Å². The number of nitrogens with zero attached hydrogens (tertiary/aromatic N) is 6. The summed E-state index contributed by atoms with van der Waals surface area (Å²) in [6, 6.07) is 5.96. The molecule has 1 saturated carbocycles. The van der Waals surface area contributed by atoms with Gasteiger partial charge >= 0.3 is 6.18 Å². The zero-order valence-corrected chi connectivity index (χ0v) is 22.3. The fraction of sp³-hybridized carbons (Fsp3) is 0.630. The fourth-order valence-corrected chi connectivity index (χ4v) is 6.44. The molecule has 0 atom stereocenters. The molecule has 13 heteroatoms. The number of carbonyl (C=O) groups excluding carboxylic acids is 2. The Morgan fingerprint density at radius 1 is 0.875 bits per heavy atom. The van der Waals surface area contributed by atoms with Gasteiger partial charge < -0.3 is 23.8 Å². The molecule has 4 heterocycles. The quantitative estimate of drug-likeness (QED) is 0.535. The summed E-state index contributed by atoms with van der Waals surface area (Å²) in [5, 5.41) is 6.98. The molecule has 2 aromatic rings. The Morgan fingerprint density at radius 2 is 1.55 bits per heavy atom. The van der Waals surface area contributed by atoms with Crippen molar-refractivity contribution in [3.63, 3.8) is 0 Å². The van der Waals surface area contributed by atoms with Crippen LogP contribution in [0.5, 0.6) is 11.5 Å². The first-order valence-electron chi connectivity index (χ1n) is 13.8. The van der Waals surface area contributed by atoms with E-state index < -0.39 is 17.4 Å². The molecule has 1 aromatic heterocycles. The summed E-state index contributed by atoms with van der Waals surface area (Å²) in [6.45, 7) is 3.99. The van der Waals surface area contributed by atoms with Gasteiger partial charge in [0.05, 0.1) is 6.54 Å². The van der Waals surface area contributed by atoms with Crippen LogP contribution < -0.4 is 9.47 Å². The average Bonchev–Trinajstić information content (AvgIpc) is 3.68. The molecule has 4 aliphatic rings.